The highest BCUT2D eigenvalue weighted by molar-refractivity contribution is 7.98. The number of nitrogens with zero attached hydrogens (tertiary/aromatic N) is 3. The number of ketones is 1. The number of aromatic nitrogens is 4. The number of carbonyl (C=O) groups excluding carboxylic acids is 1. The quantitative estimate of drug-likeness (QED) is 0.619. The molecule has 1 N–H and O–H groups in total. The smallest absolute Gasteiger partial charge is 0.343 e. The van der Waals surface area contributed by atoms with Gasteiger partial charge < -0.3 is 4.52 Å². The normalized spacial score (nSPS) is 10.9. The van der Waals surface area contributed by atoms with Crippen LogP contribution in [-0.2, 0) is 12.3 Å². The number of thioether (sulfide) groups is 1. The number of carbonyl (C=O) groups is 1. The highest BCUT2D eigenvalue weighted by atomic mass is 32.2. The van der Waals surface area contributed by atoms with Crippen molar-refractivity contribution in [3.8, 4) is 0 Å². The summed E-state index contributed by atoms with van der Waals surface area (Å²) in [6.45, 7) is 4.14. The highest BCUT2D eigenvalue weighted by Crippen LogP contribution is 2.20. The van der Waals surface area contributed by atoms with E-state index < -0.39 is 0 Å². The van der Waals surface area contributed by atoms with Gasteiger partial charge in [-0.25, -0.2) is 9.89 Å². The van der Waals surface area contributed by atoms with Crippen LogP contribution in [0.25, 0.3) is 0 Å². The fourth-order valence-electron chi connectivity index (χ4n) is 1.61. The zero-order valence-electron chi connectivity index (χ0n) is 11.4. The van der Waals surface area contributed by atoms with E-state index in [9.17, 15) is 9.59 Å². The Morgan fingerprint density at radius 3 is 3.00 bits per heavy atom. The topological polar surface area (TPSA) is 93.8 Å². The van der Waals surface area contributed by atoms with Crippen molar-refractivity contribution in [3.63, 3.8) is 0 Å². The van der Waals surface area contributed by atoms with E-state index in [-0.39, 0.29) is 11.5 Å². The van der Waals surface area contributed by atoms with Crippen molar-refractivity contribution in [3.05, 3.63) is 28.0 Å². The molecule has 0 fully saturated rings. The first-order valence-corrected chi connectivity index (χ1v) is 7.35. The van der Waals surface area contributed by atoms with Gasteiger partial charge in [0, 0.05) is 19.5 Å². The third-order valence-electron chi connectivity index (χ3n) is 2.72. The maximum Gasteiger partial charge on any atom is 0.343 e. The molecule has 7 nitrogen and oxygen atoms in total. The summed E-state index contributed by atoms with van der Waals surface area (Å²) in [4.78, 5) is 22.7. The van der Waals surface area contributed by atoms with Crippen LogP contribution in [0.5, 0.6) is 0 Å². The monoisotopic (exact) mass is 296 g/mol. The number of rotatable bonds is 7. The SMILES string of the molecule is CCCCn1c(SCc2cc(C(C)=O)no2)n[nH]c1=O. The second-order valence-electron chi connectivity index (χ2n) is 4.34. The van der Waals surface area contributed by atoms with E-state index in [1.165, 1.54) is 18.7 Å². The first-order chi connectivity index (χ1) is 9.61. The zero-order valence-corrected chi connectivity index (χ0v) is 12.2. The van der Waals surface area contributed by atoms with Crippen molar-refractivity contribution >= 4 is 17.5 Å². The van der Waals surface area contributed by atoms with Gasteiger partial charge in [0.05, 0.1) is 5.75 Å². The minimum Gasteiger partial charge on any atom is -0.360 e. The van der Waals surface area contributed by atoms with Gasteiger partial charge in [-0.15, -0.1) is 5.10 Å². The first kappa shape index (κ1) is 14.6. The van der Waals surface area contributed by atoms with Crippen LogP contribution in [0.3, 0.4) is 0 Å². The Bertz CT molecular complexity index is 643. The van der Waals surface area contributed by atoms with E-state index in [1.807, 2.05) is 0 Å². The fraction of sp³-hybridized carbons (Fsp3) is 0.500. The van der Waals surface area contributed by atoms with E-state index in [4.69, 9.17) is 4.52 Å². The zero-order chi connectivity index (χ0) is 14.5. The van der Waals surface area contributed by atoms with Crippen LogP contribution in [0.2, 0.25) is 0 Å². The van der Waals surface area contributed by atoms with Gasteiger partial charge in [0.25, 0.3) is 0 Å². The lowest BCUT2D eigenvalue weighted by Crippen LogP contribution is -2.17. The molecule has 0 aliphatic carbocycles. The second kappa shape index (κ2) is 6.56. The third-order valence-corrected chi connectivity index (χ3v) is 3.72. The molecule has 0 aromatic carbocycles. The summed E-state index contributed by atoms with van der Waals surface area (Å²) in [6, 6.07) is 1.61. The van der Waals surface area contributed by atoms with E-state index in [1.54, 1.807) is 10.6 Å². The van der Waals surface area contributed by atoms with E-state index in [2.05, 4.69) is 22.3 Å². The van der Waals surface area contributed by atoms with Gasteiger partial charge in [-0.2, -0.15) is 0 Å². The number of aromatic amines is 1. The lowest BCUT2D eigenvalue weighted by molar-refractivity contribution is 0.100. The van der Waals surface area contributed by atoms with Gasteiger partial charge in [-0.05, 0) is 6.42 Å². The summed E-state index contributed by atoms with van der Waals surface area (Å²) in [6.07, 6.45) is 1.93. The van der Waals surface area contributed by atoms with Gasteiger partial charge in [0.1, 0.15) is 11.5 Å². The number of nitrogens with one attached hydrogen (secondary N) is 1. The summed E-state index contributed by atoms with van der Waals surface area (Å²) in [5.74, 6) is 0.916. The van der Waals surface area contributed by atoms with Crippen LogP contribution in [0, 0.1) is 0 Å². The standard InChI is InChI=1S/C12H16N4O3S/c1-3-4-5-16-11(18)13-14-12(16)20-7-9-6-10(8(2)17)15-19-9/h6H,3-5,7H2,1-2H3,(H,13,18). The van der Waals surface area contributed by atoms with Crippen molar-refractivity contribution in [2.75, 3.05) is 0 Å². The summed E-state index contributed by atoms with van der Waals surface area (Å²) in [5, 5.41) is 10.7. The van der Waals surface area contributed by atoms with Crippen LogP contribution < -0.4 is 5.69 Å². The van der Waals surface area contributed by atoms with Crippen molar-refractivity contribution in [1.29, 1.82) is 0 Å². The molecule has 0 aliphatic rings. The number of hydrogen-bond acceptors (Lipinski definition) is 6. The van der Waals surface area contributed by atoms with Gasteiger partial charge in [-0.1, -0.05) is 30.3 Å². The summed E-state index contributed by atoms with van der Waals surface area (Å²) >= 11 is 1.37. The maximum absolute atomic E-state index is 11.6. The molecule has 0 atom stereocenters. The van der Waals surface area contributed by atoms with Gasteiger partial charge >= 0.3 is 5.69 Å². The molecule has 0 amide bonds. The molecular weight excluding hydrogens is 280 g/mol. The highest BCUT2D eigenvalue weighted by Gasteiger charge is 2.12. The molecule has 0 radical (unpaired) electrons. The molecule has 2 aromatic heterocycles. The number of unbranched alkanes of at least 4 members (excludes halogenated alkanes) is 1. The molecule has 0 saturated heterocycles. The fourth-order valence-corrected chi connectivity index (χ4v) is 2.46. The summed E-state index contributed by atoms with van der Waals surface area (Å²) in [5.41, 5.74) is 0.106. The third kappa shape index (κ3) is 3.38. The molecule has 0 aliphatic heterocycles. The minimum atomic E-state index is -0.206. The summed E-state index contributed by atoms with van der Waals surface area (Å²) in [7, 11) is 0. The summed E-state index contributed by atoms with van der Waals surface area (Å²) < 4.78 is 6.67. The van der Waals surface area contributed by atoms with Crippen molar-refractivity contribution < 1.29 is 9.32 Å². The van der Waals surface area contributed by atoms with Crippen molar-refractivity contribution in [1.82, 2.24) is 19.9 Å². The van der Waals surface area contributed by atoms with Crippen LogP contribution in [0.1, 0.15) is 42.9 Å². The Morgan fingerprint density at radius 2 is 2.35 bits per heavy atom. The minimum absolute atomic E-state index is 0.135. The Kier molecular flexibility index (Phi) is 4.78. The Hall–Kier alpha value is -1.83. The number of Topliss-reactive ketones (excluding diaryl/α,β-unsaturated/α-hetero) is 1. The number of hydrogen-bond donors (Lipinski definition) is 1. The van der Waals surface area contributed by atoms with E-state index in [0.717, 1.165) is 12.8 Å². The second-order valence-corrected chi connectivity index (χ2v) is 5.28. The lowest BCUT2D eigenvalue weighted by Gasteiger charge is -2.02. The molecular formula is C12H16N4O3S. The Morgan fingerprint density at radius 1 is 1.55 bits per heavy atom. The Balaban J connectivity index is 2.03. The molecule has 0 bridgehead atoms. The lowest BCUT2D eigenvalue weighted by atomic mass is 10.3. The number of H-pyrrole nitrogens is 1. The average molecular weight is 296 g/mol. The maximum atomic E-state index is 11.6. The molecule has 108 valence electrons. The molecule has 0 spiro atoms. The molecule has 2 rings (SSSR count). The molecule has 2 heterocycles. The first-order valence-electron chi connectivity index (χ1n) is 6.36. The van der Waals surface area contributed by atoms with Crippen molar-refractivity contribution in [2.24, 2.45) is 0 Å². The average Bonchev–Trinajstić information content (AvgIpc) is 3.01. The molecule has 20 heavy (non-hydrogen) atoms. The van der Waals surface area contributed by atoms with E-state index >= 15 is 0 Å². The molecule has 0 saturated carbocycles. The van der Waals surface area contributed by atoms with Crippen LogP contribution >= 0.6 is 11.8 Å². The predicted octanol–water partition coefficient (Wildman–Crippen LogP) is 1.85. The van der Waals surface area contributed by atoms with Crippen LogP contribution in [-0.4, -0.2) is 25.7 Å². The van der Waals surface area contributed by atoms with Gasteiger partial charge in [0.15, 0.2) is 10.9 Å². The van der Waals surface area contributed by atoms with Gasteiger partial charge in [-0.3, -0.25) is 9.36 Å². The van der Waals surface area contributed by atoms with Crippen LogP contribution in [0.15, 0.2) is 20.5 Å². The van der Waals surface area contributed by atoms with Crippen molar-refractivity contribution in [2.45, 2.75) is 44.1 Å². The largest absolute Gasteiger partial charge is 0.360 e. The predicted molar refractivity (Wildman–Crippen MR) is 73.8 cm³/mol. The molecule has 0 unspecified atom stereocenters. The van der Waals surface area contributed by atoms with Crippen LogP contribution in [0.4, 0.5) is 0 Å². The molecule has 8 heteroatoms. The molecule has 2 aromatic rings. The Labute approximate surface area is 119 Å². The van der Waals surface area contributed by atoms with Gasteiger partial charge in [0.2, 0.25) is 0 Å². The van der Waals surface area contributed by atoms with E-state index in [0.29, 0.717) is 28.9 Å².